The average molecular weight is 379 g/mol. The number of aromatic hydroxyl groups is 1. The van der Waals surface area contributed by atoms with E-state index in [1.165, 1.54) is 10.1 Å². The Morgan fingerprint density at radius 1 is 0.857 bits per heavy atom. The van der Waals surface area contributed by atoms with Gasteiger partial charge in [0.25, 0.3) is 5.75 Å². The molecular weight excluding hydrogens is 366 g/mol. The van der Waals surface area contributed by atoms with Crippen LogP contribution in [0.2, 0.25) is 0 Å². The quantitative estimate of drug-likeness (QED) is 0.394. The standard InChI is InChI=1S/C18H13N5O5/c24-18-15(22(25)26)11-14-16(17(18)23(27)28)20(12-7-3-1-4-8-12)21(19-14)13-9-5-2-6-10-13/h1-11,19,24H. The molecule has 0 aliphatic carbocycles. The number of hydrazine groups is 2. The van der Waals surface area contributed by atoms with Gasteiger partial charge in [0.1, 0.15) is 0 Å². The lowest BCUT2D eigenvalue weighted by Crippen LogP contribution is -2.38. The molecule has 1 heterocycles. The topological polar surface area (TPSA) is 125 Å². The molecule has 0 fully saturated rings. The predicted molar refractivity (Wildman–Crippen MR) is 103 cm³/mol. The Hall–Kier alpha value is -4.34. The molecule has 3 aromatic carbocycles. The molecule has 0 bridgehead atoms. The number of phenolic OH excluding ortho intramolecular Hbond substituents is 1. The first-order valence-corrected chi connectivity index (χ1v) is 8.14. The van der Waals surface area contributed by atoms with Crippen LogP contribution in [0.4, 0.5) is 34.1 Å². The van der Waals surface area contributed by atoms with Crippen LogP contribution in [0.15, 0.2) is 66.7 Å². The number of nitrogens with zero attached hydrogens (tertiary/aromatic N) is 4. The second-order valence-electron chi connectivity index (χ2n) is 5.91. The number of anilines is 4. The largest absolute Gasteiger partial charge is 0.497 e. The van der Waals surface area contributed by atoms with E-state index in [0.29, 0.717) is 11.4 Å². The van der Waals surface area contributed by atoms with Crippen molar-refractivity contribution in [3.63, 3.8) is 0 Å². The van der Waals surface area contributed by atoms with Gasteiger partial charge in [0.05, 0.1) is 26.9 Å². The molecule has 2 N–H and O–H groups in total. The fraction of sp³-hybridized carbons (Fsp3) is 0. The van der Waals surface area contributed by atoms with Crippen LogP contribution in [0, 0.1) is 20.2 Å². The molecule has 4 rings (SSSR count). The van der Waals surface area contributed by atoms with E-state index in [2.05, 4.69) is 5.43 Å². The van der Waals surface area contributed by atoms with Crippen molar-refractivity contribution in [2.45, 2.75) is 0 Å². The second-order valence-corrected chi connectivity index (χ2v) is 5.91. The van der Waals surface area contributed by atoms with E-state index in [1.54, 1.807) is 54.6 Å². The maximum atomic E-state index is 11.7. The second kappa shape index (κ2) is 6.43. The summed E-state index contributed by atoms with van der Waals surface area (Å²) in [6, 6.07) is 18.8. The lowest BCUT2D eigenvalue weighted by molar-refractivity contribution is -0.395. The molecule has 0 aromatic heterocycles. The first-order chi connectivity index (χ1) is 13.5. The zero-order chi connectivity index (χ0) is 19.8. The summed E-state index contributed by atoms with van der Waals surface area (Å²) in [5.74, 6) is -0.994. The van der Waals surface area contributed by atoms with Gasteiger partial charge >= 0.3 is 11.4 Å². The molecule has 0 unspecified atom stereocenters. The minimum atomic E-state index is -0.994. The molecule has 3 aromatic rings. The monoisotopic (exact) mass is 379 g/mol. The maximum Gasteiger partial charge on any atom is 0.345 e. The van der Waals surface area contributed by atoms with Crippen LogP contribution in [-0.2, 0) is 0 Å². The van der Waals surface area contributed by atoms with Gasteiger partial charge in [-0.2, -0.15) is 5.12 Å². The Kier molecular flexibility index (Phi) is 3.93. The highest BCUT2D eigenvalue weighted by atomic mass is 16.6. The highest BCUT2D eigenvalue weighted by Gasteiger charge is 2.42. The van der Waals surface area contributed by atoms with Gasteiger partial charge in [-0.1, -0.05) is 36.4 Å². The molecule has 10 heteroatoms. The number of benzene rings is 3. The van der Waals surface area contributed by atoms with E-state index in [1.807, 2.05) is 6.07 Å². The van der Waals surface area contributed by atoms with Crippen LogP contribution in [0.1, 0.15) is 0 Å². The smallest absolute Gasteiger partial charge is 0.345 e. The lowest BCUT2D eigenvalue weighted by atomic mass is 10.1. The summed E-state index contributed by atoms with van der Waals surface area (Å²) < 4.78 is 0. The molecule has 0 saturated carbocycles. The van der Waals surface area contributed by atoms with Crippen LogP contribution in [0.3, 0.4) is 0 Å². The third kappa shape index (κ3) is 2.60. The van der Waals surface area contributed by atoms with E-state index in [0.717, 1.165) is 6.07 Å². The number of fused-ring (bicyclic) bond motifs is 1. The molecule has 0 amide bonds. The van der Waals surface area contributed by atoms with Crippen LogP contribution < -0.4 is 15.6 Å². The Labute approximate surface area is 158 Å². The summed E-state index contributed by atoms with van der Waals surface area (Å²) in [6.45, 7) is 0. The van der Waals surface area contributed by atoms with Crippen molar-refractivity contribution in [1.29, 1.82) is 0 Å². The molecule has 0 atom stereocenters. The zero-order valence-corrected chi connectivity index (χ0v) is 14.2. The number of phenols is 1. The molecule has 28 heavy (non-hydrogen) atoms. The molecule has 0 saturated heterocycles. The van der Waals surface area contributed by atoms with Gasteiger partial charge in [0.15, 0.2) is 5.69 Å². The van der Waals surface area contributed by atoms with Crippen molar-refractivity contribution in [2.24, 2.45) is 0 Å². The molecule has 1 aliphatic heterocycles. The molecular formula is C18H13N5O5. The third-order valence-corrected chi connectivity index (χ3v) is 4.25. The van der Waals surface area contributed by atoms with E-state index in [-0.39, 0.29) is 11.4 Å². The van der Waals surface area contributed by atoms with Gasteiger partial charge in [-0.05, 0) is 24.3 Å². The molecule has 10 nitrogen and oxygen atoms in total. The number of para-hydroxylation sites is 2. The SMILES string of the molecule is O=[N+]([O-])c1cc2c(c([N+](=O)[O-])c1O)N(c1ccccc1)N(c1ccccc1)N2. The molecule has 0 radical (unpaired) electrons. The molecule has 140 valence electrons. The van der Waals surface area contributed by atoms with Gasteiger partial charge < -0.3 is 5.11 Å². The summed E-state index contributed by atoms with van der Waals surface area (Å²) in [6.07, 6.45) is 0. The fourth-order valence-electron chi connectivity index (χ4n) is 3.07. The predicted octanol–water partition coefficient (Wildman–Crippen LogP) is 4.11. The summed E-state index contributed by atoms with van der Waals surface area (Å²) >= 11 is 0. The number of hydrogen-bond donors (Lipinski definition) is 2. The fourth-order valence-corrected chi connectivity index (χ4v) is 3.07. The van der Waals surface area contributed by atoms with Crippen molar-refractivity contribution >= 4 is 34.1 Å². The molecule has 1 aliphatic rings. The Balaban J connectivity index is 2.01. The third-order valence-electron chi connectivity index (χ3n) is 4.25. The number of nitro benzene ring substituents is 2. The van der Waals surface area contributed by atoms with Crippen LogP contribution >= 0.6 is 0 Å². The first kappa shape index (κ1) is 17.1. The van der Waals surface area contributed by atoms with Gasteiger partial charge in [-0.25, -0.2) is 5.01 Å². The number of nitro groups is 2. The summed E-state index contributed by atoms with van der Waals surface area (Å²) in [7, 11) is 0. The van der Waals surface area contributed by atoms with Gasteiger partial charge in [0.2, 0.25) is 0 Å². The van der Waals surface area contributed by atoms with Crippen LogP contribution in [-0.4, -0.2) is 15.0 Å². The van der Waals surface area contributed by atoms with Crippen molar-refractivity contribution in [3.8, 4) is 5.75 Å². The zero-order valence-electron chi connectivity index (χ0n) is 14.2. The van der Waals surface area contributed by atoms with Gasteiger partial charge in [0, 0.05) is 6.07 Å². The maximum absolute atomic E-state index is 11.7. The van der Waals surface area contributed by atoms with E-state index in [4.69, 9.17) is 0 Å². The van der Waals surface area contributed by atoms with Crippen molar-refractivity contribution in [3.05, 3.63) is 87.0 Å². The van der Waals surface area contributed by atoms with Crippen molar-refractivity contribution < 1.29 is 15.0 Å². The van der Waals surface area contributed by atoms with Gasteiger partial charge in [-0.3, -0.25) is 25.7 Å². The summed E-state index contributed by atoms with van der Waals surface area (Å²) in [5, 5.41) is 36.3. The lowest BCUT2D eigenvalue weighted by Gasteiger charge is -2.30. The first-order valence-electron chi connectivity index (χ1n) is 8.14. The van der Waals surface area contributed by atoms with E-state index in [9.17, 15) is 25.3 Å². The van der Waals surface area contributed by atoms with Gasteiger partial charge in [-0.15, -0.1) is 0 Å². The number of rotatable bonds is 4. The van der Waals surface area contributed by atoms with Crippen LogP contribution in [0.25, 0.3) is 0 Å². The minimum absolute atomic E-state index is 0.00292. The highest BCUT2D eigenvalue weighted by Crippen LogP contribution is 2.53. The Morgan fingerprint density at radius 3 is 1.96 bits per heavy atom. The van der Waals surface area contributed by atoms with E-state index >= 15 is 0 Å². The number of hydrogen-bond acceptors (Lipinski definition) is 8. The Morgan fingerprint density at radius 2 is 1.43 bits per heavy atom. The summed E-state index contributed by atoms with van der Waals surface area (Å²) in [5.41, 5.74) is 2.79. The minimum Gasteiger partial charge on any atom is -0.497 e. The average Bonchev–Trinajstić information content (AvgIpc) is 3.07. The highest BCUT2D eigenvalue weighted by molar-refractivity contribution is 5.96. The summed E-state index contributed by atoms with van der Waals surface area (Å²) in [4.78, 5) is 21.3. The van der Waals surface area contributed by atoms with Crippen molar-refractivity contribution in [1.82, 2.24) is 0 Å². The number of nitrogens with one attached hydrogen (secondary N) is 1. The van der Waals surface area contributed by atoms with E-state index < -0.39 is 27.0 Å². The molecule has 0 spiro atoms. The Bertz CT molecular complexity index is 1070. The normalized spacial score (nSPS) is 12.4. The van der Waals surface area contributed by atoms with Crippen LogP contribution in [0.5, 0.6) is 5.75 Å². The van der Waals surface area contributed by atoms with Crippen molar-refractivity contribution in [2.75, 3.05) is 15.6 Å².